The van der Waals surface area contributed by atoms with Gasteiger partial charge in [0, 0.05) is 12.1 Å². The third-order valence-electron chi connectivity index (χ3n) is 1.44. The van der Waals surface area contributed by atoms with Gasteiger partial charge in [0.05, 0.1) is 6.61 Å². The van der Waals surface area contributed by atoms with Gasteiger partial charge < -0.3 is 10.1 Å². The van der Waals surface area contributed by atoms with E-state index in [9.17, 15) is 13.2 Å². The molecule has 0 saturated heterocycles. The average molecular weight is 225 g/mol. The summed E-state index contributed by atoms with van der Waals surface area (Å²) in [5.74, 6) is 0. The van der Waals surface area contributed by atoms with Crippen LogP contribution in [0.15, 0.2) is 12.2 Å². The molecule has 0 aromatic rings. The van der Waals surface area contributed by atoms with Crippen LogP contribution in [0.1, 0.15) is 20.8 Å². The molecule has 0 aromatic heterocycles. The number of rotatable bonds is 5. The van der Waals surface area contributed by atoms with Crippen LogP contribution in [-0.2, 0) is 4.74 Å². The van der Waals surface area contributed by atoms with Crippen LogP contribution in [0.4, 0.5) is 13.2 Å². The molecule has 0 saturated carbocycles. The van der Waals surface area contributed by atoms with Gasteiger partial charge in [-0.1, -0.05) is 6.58 Å². The van der Waals surface area contributed by atoms with Crippen molar-refractivity contribution in [3.63, 3.8) is 0 Å². The maximum atomic E-state index is 11.7. The van der Waals surface area contributed by atoms with Gasteiger partial charge in [-0.2, -0.15) is 13.2 Å². The number of hydrogen-bond donors (Lipinski definition) is 1. The van der Waals surface area contributed by atoms with Gasteiger partial charge in [0.2, 0.25) is 0 Å². The monoisotopic (exact) mass is 225 g/mol. The molecule has 0 aliphatic heterocycles. The molecule has 0 bridgehead atoms. The minimum absolute atomic E-state index is 0.0669. The Morgan fingerprint density at radius 2 is 1.80 bits per heavy atom. The van der Waals surface area contributed by atoms with Gasteiger partial charge in [0.25, 0.3) is 0 Å². The van der Waals surface area contributed by atoms with Gasteiger partial charge in [0.1, 0.15) is 6.61 Å². The van der Waals surface area contributed by atoms with E-state index in [1.165, 1.54) is 0 Å². The van der Waals surface area contributed by atoms with Crippen molar-refractivity contribution in [1.29, 1.82) is 0 Å². The fourth-order valence-corrected chi connectivity index (χ4v) is 0.752. The molecule has 2 nitrogen and oxygen atoms in total. The second kappa shape index (κ2) is 5.51. The van der Waals surface area contributed by atoms with Crippen LogP contribution in [0.5, 0.6) is 0 Å². The number of halogens is 3. The first-order valence-corrected chi connectivity index (χ1v) is 4.66. The average Bonchev–Trinajstić information content (AvgIpc) is 1.97. The van der Waals surface area contributed by atoms with Gasteiger partial charge in [-0.3, -0.25) is 0 Å². The number of hydrogen-bond acceptors (Lipinski definition) is 2. The number of ether oxygens (including phenoxy) is 1. The first-order valence-electron chi connectivity index (χ1n) is 4.66. The Labute approximate surface area is 88.5 Å². The zero-order chi connectivity index (χ0) is 12.1. The van der Waals surface area contributed by atoms with Crippen LogP contribution >= 0.6 is 0 Å². The lowest BCUT2D eigenvalue weighted by Crippen LogP contribution is -2.37. The Morgan fingerprint density at radius 1 is 1.27 bits per heavy atom. The molecular formula is C10H18F3NO. The summed E-state index contributed by atoms with van der Waals surface area (Å²) in [6, 6.07) is 0. The van der Waals surface area contributed by atoms with Crippen molar-refractivity contribution in [1.82, 2.24) is 5.32 Å². The van der Waals surface area contributed by atoms with E-state index in [1.807, 2.05) is 20.8 Å². The second-order valence-corrected chi connectivity index (χ2v) is 4.46. The predicted octanol–water partition coefficient (Wildman–Crippen LogP) is 2.51. The Morgan fingerprint density at radius 3 is 2.20 bits per heavy atom. The van der Waals surface area contributed by atoms with Crippen molar-refractivity contribution >= 4 is 0 Å². The van der Waals surface area contributed by atoms with E-state index >= 15 is 0 Å². The fraction of sp³-hybridized carbons (Fsp3) is 0.800. The first kappa shape index (κ1) is 14.5. The third kappa shape index (κ3) is 11.4. The highest BCUT2D eigenvalue weighted by Gasteiger charge is 2.27. The highest BCUT2D eigenvalue weighted by Crippen LogP contribution is 2.14. The topological polar surface area (TPSA) is 21.3 Å². The lowest BCUT2D eigenvalue weighted by Gasteiger charge is -2.21. The van der Waals surface area contributed by atoms with Gasteiger partial charge in [0.15, 0.2) is 0 Å². The quantitative estimate of drug-likeness (QED) is 0.726. The Hall–Kier alpha value is -0.550. The zero-order valence-corrected chi connectivity index (χ0v) is 9.37. The Kier molecular flexibility index (Phi) is 5.31. The van der Waals surface area contributed by atoms with Crippen LogP contribution in [0.2, 0.25) is 0 Å². The molecule has 0 amide bonds. The SMILES string of the molecule is C=C(CNC(C)(C)C)COCC(F)(F)F. The van der Waals surface area contributed by atoms with Crippen molar-refractivity contribution in [2.45, 2.75) is 32.5 Å². The van der Waals surface area contributed by atoms with Crippen molar-refractivity contribution < 1.29 is 17.9 Å². The lowest BCUT2D eigenvalue weighted by atomic mass is 10.1. The van der Waals surface area contributed by atoms with Crippen LogP contribution in [0.3, 0.4) is 0 Å². The van der Waals surface area contributed by atoms with Crippen molar-refractivity contribution in [2.24, 2.45) is 0 Å². The maximum Gasteiger partial charge on any atom is 0.411 e. The summed E-state index contributed by atoms with van der Waals surface area (Å²) in [6.07, 6.45) is -4.27. The third-order valence-corrected chi connectivity index (χ3v) is 1.44. The molecule has 1 N–H and O–H groups in total. The van der Waals surface area contributed by atoms with Gasteiger partial charge >= 0.3 is 6.18 Å². The second-order valence-electron chi connectivity index (χ2n) is 4.46. The summed E-state index contributed by atoms with van der Waals surface area (Å²) in [5.41, 5.74) is 0.529. The van der Waals surface area contributed by atoms with E-state index in [4.69, 9.17) is 0 Å². The molecule has 0 aromatic carbocycles. The van der Waals surface area contributed by atoms with E-state index in [2.05, 4.69) is 16.6 Å². The summed E-state index contributed by atoms with van der Waals surface area (Å²) >= 11 is 0. The predicted molar refractivity (Wildman–Crippen MR) is 53.8 cm³/mol. The largest absolute Gasteiger partial charge is 0.411 e. The van der Waals surface area contributed by atoms with Gasteiger partial charge in [-0.05, 0) is 26.3 Å². The van der Waals surface area contributed by atoms with Crippen LogP contribution < -0.4 is 5.32 Å². The molecule has 0 aliphatic rings. The molecule has 0 spiro atoms. The minimum Gasteiger partial charge on any atom is -0.368 e. The summed E-state index contributed by atoms with van der Waals surface area (Å²) in [4.78, 5) is 0. The van der Waals surface area contributed by atoms with Crippen LogP contribution in [-0.4, -0.2) is 31.5 Å². The zero-order valence-electron chi connectivity index (χ0n) is 9.37. The highest BCUT2D eigenvalue weighted by atomic mass is 19.4. The van der Waals surface area contributed by atoms with E-state index in [1.54, 1.807) is 0 Å². The summed E-state index contributed by atoms with van der Waals surface area (Å²) in [5, 5.41) is 3.11. The number of nitrogens with one attached hydrogen (secondary N) is 1. The lowest BCUT2D eigenvalue weighted by molar-refractivity contribution is -0.171. The molecule has 0 unspecified atom stereocenters. The van der Waals surface area contributed by atoms with Gasteiger partial charge in [-0.15, -0.1) is 0 Å². The van der Waals surface area contributed by atoms with Crippen LogP contribution in [0, 0.1) is 0 Å². The van der Waals surface area contributed by atoms with Crippen molar-refractivity contribution in [3.05, 3.63) is 12.2 Å². The Balaban J connectivity index is 3.60. The standard InChI is InChI=1S/C10H18F3NO/c1-8(5-14-9(2,3)4)6-15-7-10(11,12)13/h14H,1,5-7H2,2-4H3. The molecule has 0 fully saturated rings. The smallest absolute Gasteiger partial charge is 0.368 e. The van der Waals surface area contributed by atoms with Crippen molar-refractivity contribution in [2.75, 3.05) is 19.8 Å². The molecule has 5 heteroatoms. The first-order chi connectivity index (χ1) is 6.60. The molecule has 15 heavy (non-hydrogen) atoms. The van der Waals surface area contributed by atoms with Gasteiger partial charge in [-0.25, -0.2) is 0 Å². The van der Waals surface area contributed by atoms with E-state index in [0.29, 0.717) is 12.1 Å². The normalized spacial score (nSPS) is 12.9. The van der Waals surface area contributed by atoms with Crippen LogP contribution in [0.25, 0.3) is 0 Å². The van der Waals surface area contributed by atoms with E-state index in [-0.39, 0.29) is 12.1 Å². The Bertz CT molecular complexity index is 206. The van der Waals surface area contributed by atoms with Crippen molar-refractivity contribution in [3.8, 4) is 0 Å². The summed E-state index contributed by atoms with van der Waals surface area (Å²) < 4.78 is 39.6. The molecule has 0 heterocycles. The fourth-order valence-electron chi connectivity index (χ4n) is 0.752. The molecule has 0 atom stereocenters. The molecular weight excluding hydrogens is 207 g/mol. The summed E-state index contributed by atoms with van der Waals surface area (Å²) in [6.45, 7) is 8.70. The summed E-state index contributed by atoms with van der Waals surface area (Å²) in [7, 11) is 0. The highest BCUT2D eigenvalue weighted by molar-refractivity contribution is 4.98. The van der Waals surface area contributed by atoms with E-state index < -0.39 is 12.8 Å². The molecule has 90 valence electrons. The molecule has 0 radical (unpaired) electrons. The number of alkyl halides is 3. The minimum atomic E-state index is -4.27. The molecule has 0 aliphatic carbocycles. The maximum absolute atomic E-state index is 11.7. The van der Waals surface area contributed by atoms with E-state index in [0.717, 1.165) is 0 Å². The molecule has 0 rings (SSSR count).